The molecule has 2 saturated heterocycles. The number of nitrogens with two attached hydrogens (primary N) is 1. The number of piperidine rings is 1. The highest BCUT2D eigenvalue weighted by atomic mass is 16.1. The van der Waals surface area contributed by atoms with Crippen molar-refractivity contribution in [1.29, 1.82) is 5.26 Å². The lowest BCUT2D eigenvalue weighted by molar-refractivity contribution is 0.0995. The molecule has 2 unspecified atom stereocenters. The molecular weight excluding hydrogens is 418 g/mol. The van der Waals surface area contributed by atoms with Crippen LogP contribution in [0.2, 0.25) is 0 Å². The molecule has 0 aromatic carbocycles. The van der Waals surface area contributed by atoms with Crippen molar-refractivity contribution in [2.45, 2.75) is 50.2 Å². The SMILES string of the molecule is N#CCCN1C2CCC1CC(Nc1nc(Nc3cnc(C(N)=O)cn3)cc3ncccc13)C2. The summed E-state index contributed by atoms with van der Waals surface area (Å²) in [5.41, 5.74) is 6.15. The number of hydrogen-bond acceptors (Lipinski definition) is 9. The minimum atomic E-state index is -0.624. The molecule has 3 aromatic rings. The summed E-state index contributed by atoms with van der Waals surface area (Å²) >= 11 is 0. The van der Waals surface area contributed by atoms with Crippen LogP contribution in [-0.4, -0.2) is 55.4 Å². The van der Waals surface area contributed by atoms with Crippen molar-refractivity contribution in [1.82, 2.24) is 24.8 Å². The maximum absolute atomic E-state index is 11.2. The Morgan fingerprint density at radius 2 is 2.00 bits per heavy atom. The monoisotopic (exact) mass is 443 g/mol. The second-order valence-electron chi connectivity index (χ2n) is 8.55. The number of anilines is 3. The smallest absolute Gasteiger partial charge is 0.268 e. The van der Waals surface area contributed by atoms with Crippen molar-refractivity contribution >= 4 is 34.3 Å². The van der Waals surface area contributed by atoms with Gasteiger partial charge in [-0.3, -0.25) is 14.7 Å². The molecule has 2 bridgehead atoms. The third-order valence-corrected chi connectivity index (χ3v) is 6.47. The summed E-state index contributed by atoms with van der Waals surface area (Å²) in [6, 6.07) is 9.39. The minimum absolute atomic E-state index is 0.104. The summed E-state index contributed by atoms with van der Waals surface area (Å²) in [7, 11) is 0. The number of carbonyl (C=O) groups excluding carboxylic acids is 1. The molecule has 2 aliphatic heterocycles. The van der Waals surface area contributed by atoms with E-state index < -0.39 is 5.91 Å². The van der Waals surface area contributed by atoms with Crippen LogP contribution in [0.15, 0.2) is 36.8 Å². The molecule has 3 aromatic heterocycles. The zero-order chi connectivity index (χ0) is 22.8. The summed E-state index contributed by atoms with van der Waals surface area (Å²) in [5, 5.41) is 16.7. The number of rotatable bonds is 7. The van der Waals surface area contributed by atoms with Crippen LogP contribution in [0.4, 0.5) is 17.5 Å². The van der Waals surface area contributed by atoms with Crippen molar-refractivity contribution in [2.75, 3.05) is 17.2 Å². The van der Waals surface area contributed by atoms with Gasteiger partial charge in [-0.15, -0.1) is 0 Å². The van der Waals surface area contributed by atoms with Gasteiger partial charge in [-0.1, -0.05) is 0 Å². The summed E-state index contributed by atoms with van der Waals surface area (Å²) in [6.45, 7) is 0.860. The third kappa shape index (κ3) is 4.40. The fraction of sp³-hybridized carbons (Fsp3) is 0.391. The molecular formula is C23H25N9O. The van der Waals surface area contributed by atoms with Crippen LogP contribution in [0, 0.1) is 11.3 Å². The largest absolute Gasteiger partial charge is 0.367 e. The van der Waals surface area contributed by atoms with Crippen molar-refractivity contribution in [3.05, 3.63) is 42.5 Å². The Balaban J connectivity index is 1.37. The Hall–Kier alpha value is -3.84. The molecule has 4 N–H and O–H groups in total. The molecule has 2 aliphatic rings. The standard InChI is InChI=1S/C23H25N9O/c24-6-2-8-32-15-4-5-16(32)10-14(9-15)29-23-17-3-1-7-26-18(17)11-20(31-23)30-21-13-27-19(12-28-21)22(25)33/h1,3,7,11-16H,2,4-5,8-10H2,(H2,25,33)(H2,28,29,30,31). The molecule has 5 heterocycles. The lowest BCUT2D eigenvalue weighted by atomic mass is 9.97. The Bertz CT molecular complexity index is 1190. The van der Waals surface area contributed by atoms with Crippen molar-refractivity contribution in [2.24, 2.45) is 5.73 Å². The number of pyridine rings is 2. The van der Waals surface area contributed by atoms with Gasteiger partial charge >= 0.3 is 0 Å². The lowest BCUT2D eigenvalue weighted by Crippen LogP contribution is -2.47. The summed E-state index contributed by atoms with van der Waals surface area (Å²) in [5.74, 6) is 1.19. The number of nitriles is 1. The van der Waals surface area contributed by atoms with E-state index in [4.69, 9.17) is 16.0 Å². The van der Waals surface area contributed by atoms with E-state index >= 15 is 0 Å². The number of carbonyl (C=O) groups is 1. The van der Waals surface area contributed by atoms with Gasteiger partial charge in [0, 0.05) is 48.7 Å². The van der Waals surface area contributed by atoms with Gasteiger partial charge < -0.3 is 16.4 Å². The van der Waals surface area contributed by atoms with Gasteiger partial charge in [-0.25, -0.2) is 15.0 Å². The normalized spacial score (nSPS) is 22.1. The first-order chi connectivity index (χ1) is 16.1. The van der Waals surface area contributed by atoms with E-state index in [-0.39, 0.29) is 5.69 Å². The Kier molecular flexibility index (Phi) is 5.71. The van der Waals surface area contributed by atoms with E-state index in [0.29, 0.717) is 36.2 Å². The number of primary amides is 1. The van der Waals surface area contributed by atoms with E-state index in [1.807, 2.05) is 18.2 Å². The Morgan fingerprint density at radius 1 is 1.18 bits per heavy atom. The predicted molar refractivity (Wildman–Crippen MR) is 124 cm³/mol. The topological polar surface area (TPSA) is 146 Å². The average Bonchev–Trinajstić information content (AvgIpc) is 3.05. The summed E-state index contributed by atoms with van der Waals surface area (Å²) < 4.78 is 0. The van der Waals surface area contributed by atoms with E-state index in [0.717, 1.165) is 36.1 Å². The van der Waals surface area contributed by atoms with Crippen LogP contribution in [-0.2, 0) is 0 Å². The number of nitrogens with one attached hydrogen (secondary N) is 2. The lowest BCUT2D eigenvalue weighted by Gasteiger charge is -2.39. The van der Waals surface area contributed by atoms with Crippen LogP contribution in [0.25, 0.3) is 10.9 Å². The fourth-order valence-electron chi connectivity index (χ4n) is 5.03. The molecule has 2 atom stereocenters. The van der Waals surface area contributed by atoms with Crippen LogP contribution >= 0.6 is 0 Å². The van der Waals surface area contributed by atoms with Crippen LogP contribution in [0.3, 0.4) is 0 Å². The van der Waals surface area contributed by atoms with Gasteiger partial charge in [0.1, 0.15) is 23.1 Å². The summed E-state index contributed by atoms with van der Waals surface area (Å²) in [6.07, 6.45) is 9.56. The van der Waals surface area contributed by atoms with Gasteiger partial charge in [0.2, 0.25) is 0 Å². The first kappa shape index (κ1) is 21.0. The average molecular weight is 444 g/mol. The molecule has 168 valence electrons. The molecule has 5 rings (SSSR count). The molecule has 10 heteroatoms. The van der Waals surface area contributed by atoms with Gasteiger partial charge in [0.15, 0.2) is 0 Å². The van der Waals surface area contributed by atoms with Crippen LogP contribution in [0.5, 0.6) is 0 Å². The molecule has 0 radical (unpaired) electrons. The van der Waals surface area contributed by atoms with Crippen molar-refractivity contribution < 1.29 is 4.79 Å². The maximum atomic E-state index is 11.2. The predicted octanol–water partition coefficient (Wildman–Crippen LogP) is 2.58. The zero-order valence-electron chi connectivity index (χ0n) is 18.1. The van der Waals surface area contributed by atoms with Crippen molar-refractivity contribution in [3.8, 4) is 6.07 Å². The van der Waals surface area contributed by atoms with Gasteiger partial charge in [0.25, 0.3) is 5.91 Å². The van der Waals surface area contributed by atoms with Crippen LogP contribution < -0.4 is 16.4 Å². The van der Waals surface area contributed by atoms with E-state index in [1.165, 1.54) is 25.2 Å². The molecule has 1 amide bonds. The molecule has 33 heavy (non-hydrogen) atoms. The highest BCUT2D eigenvalue weighted by molar-refractivity contribution is 5.92. The molecule has 0 spiro atoms. The maximum Gasteiger partial charge on any atom is 0.268 e. The highest BCUT2D eigenvalue weighted by Gasteiger charge is 2.40. The zero-order valence-corrected chi connectivity index (χ0v) is 18.1. The Morgan fingerprint density at radius 3 is 2.70 bits per heavy atom. The number of amides is 1. The van der Waals surface area contributed by atoms with Crippen LogP contribution in [0.1, 0.15) is 42.6 Å². The fourth-order valence-corrected chi connectivity index (χ4v) is 5.03. The van der Waals surface area contributed by atoms with Crippen molar-refractivity contribution in [3.63, 3.8) is 0 Å². The van der Waals surface area contributed by atoms with E-state index in [2.05, 4.69) is 36.6 Å². The van der Waals surface area contributed by atoms with Gasteiger partial charge in [-0.05, 0) is 37.8 Å². The quantitative estimate of drug-likeness (QED) is 0.501. The minimum Gasteiger partial charge on any atom is -0.367 e. The van der Waals surface area contributed by atoms with E-state index in [1.54, 1.807) is 6.20 Å². The molecule has 10 nitrogen and oxygen atoms in total. The second-order valence-corrected chi connectivity index (χ2v) is 8.55. The van der Waals surface area contributed by atoms with E-state index in [9.17, 15) is 4.79 Å². The number of hydrogen-bond donors (Lipinski definition) is 3. The number of aromatic nitrogens is 4. The molecule has 2 fully saturated rings. The summed E-state index contributed by atoms with van der Waals surface area (Å²) in [4.78, 5) is 31.3. The number of nitrogens with zero attached hydrogens (tertiary/aromatic N) is 6. The first-order valence-electron chi connectivity index (χ1n) is 11.1. The molecule has 0 saturated carbocycles. The third-order valence-electron chi connectivity index (χ3n) is 6.47. The second kappa shape index (κ2) is 8.96. The van der Waals surface area contributed by atoms with Gasteiger partial charge in [-0.2, -0.15) is 5.26 Å². The highest BCUT2D eigenvalue weighted by Crippen LogP contribution is 2.37. The molecule has 0 aliphatic carbocycles. The van der Waals surface area contributed by atoms with Gasteiger partial charge in [0.05, 0.1) is 24.0 Å². The number of fused-ring (bicyclic) bond motifs is 3. The first-order valence-corrected chi connectivity index (χ1v) is 11.1. The Labute approximate surface area is 191 Å².